The SMILES string of the molecule is Cc1cc2ccc(C(C(=O)O)C(C)C)cc2cc1C. The van der Waals surface area contributed by atoms with Crippen molar-refractivity contribution in [3.05, 3.63) is 47.0 Å². The number of carbonyl (C=O) groups is 1. The minimum absolute atomic E-state index is 0.0847. The third-order valence-electron chi connectivity index (χ3n) is 3.77. The topological polar surface area (TPSA) is 37.3 Å². The first kappa shape index (κ1) is 13.6. The molecule has 100 valence electrons. The molecule has 0 aliphatic rings. The average Bonchev–Trinajstić information content (AvgIpc) is 2.30. The van der Waals surface area contributed by atoms with Gasteiger partial charge in [-0.1, -0.05) is 44.2 Å². The van der Waals surface area contributed by atoms with Gasteiger partial charge in [0.15, 0.2) is 0 Å². The van der Waals surface area contributed by atoms with E-state index in [2.05, 4.69) is 26.0 Å². The second-order valence-electron chi connectivity index (χ2n) is 5.60. The summed E-state index contributed by atoms with van der Waals surface area (Å²) in [5.74, 6) is -1.11. The predicted molar refractivity (Wildman–Crippen MR) is 78.6 cm³/mol. The molecule has 0 spiro atoms. The van der Waals surface area contributed by atoms with Gasteiger partial charge in [0.25, 0.3) is 0 Å². The maximum Gasteiger partial charge on any atom is 0.311 e. The molecule has 0 aliphatic carbocycles. The molecule has 2 heteroatoms. The fourth-order valence-electron chi connectivity index (χ4n) is 2.55. The minimum Gasteiger partial charge on any atom is -0.481 e. The number of hydrogen-bond donors (Lipinski definition) is 1. The van der Waals surface area contributed by atoms with Crippen molar-refractivity contribution in [2.75, 3.05) is 0 Å². The first-order valence-electron chi connectivity index (χ1n) is 6.64. The van der Waals surface area contributed by atoms with Crippen LogP contribution >= 0.6 is 0 Å². The number of carboxylic acid groups (broad SMARTS) is 1. The molecule has 0 fully saturated rings. The first-order valence-corrected chi connectivity index (χ1v) is 6.64. The largest absolute Gasteiger partial charge is 0.481 e. The van der Waals surface area contributed by atoms with Gasteiger partial charge in [0.05, 0.1) is 5.92 Å². The second kappa shape index (κ2) is 5.04. The third-order valence-corrected chi connectivity index (χ3v) is 3.77. The van der Waals surface area contributed by atoms with Crippen LogP contribution in [0.15, 0.2) is 30.3 Å². The van der Waals surface area contributed by atoms with Crippen LogP contribution in [0.25, 0.3) is 10.8 Å². The maximum absolute atomic E-state index is 11.4. The van der Waals surface area contributed by atoms with Gasteiger partial charge in [0, 0.05) is 0 Å². The molecule has 1 atom stereocenters. The molecule has 0 heterocycles. The Morgan fingerprint density at radius 2 is 1.58 bits per heavy atom. The Morgan fingerprint density at radius 1 is 1.00 bits per heavy atom. The quantitative estimate of drug-likeness (QED) is 0.889. The molecule has 0 saturated carbocycles. The summed E-state index contributed by atoms with van der Waals surface area (Å²) in [6.07, 6.45) is 0. The average molecular weight is 256 g/mol. The smallest absolute Gasteiger partial charge is 0.311 e. The monoisotopic (exact) mass is 256 g/mol. The summed E-state index contributed by atoms with van der Waals surface area (Å²) in [6, 6.07) is 10.3. The second-order valence-corrected chi connectivity index (χ2v) is 5.60. The zero-order valence-corrected chi connectivity index (χ0v) is 11.9. The van der Waals surface area contributed by atoms with Gasteiger partial charge in [-0.3, -0.25) is 4.79 Å². The molecule has 2 nitrogen and oxygen atoms in total. The molecule has 1 N–H and O–H groups in total. The van der Waals surface area contributed by atoms with Crippen molar-refractivity contribution in [2.24, 2.45) is 5.92 Å². The molecule has 19 heavy (non-hydrogen) atoms. The Balaban J connectivity index is 2.57. The first-order chi connectivity index (χ1) is 8.90. The molecule has 0 bridgehead atoms. The lowest BCUT2D eigenvalue weighted by Crippen LogP contribution is -2.17. The predicted octanol–water partition coefficient (Wildman–Crippen LogP) is 4.28. The van der Waals surface area contributed by atoms with E-state index in [-0.39, 0.29) is 5.92 Å². The van der Waals surface area contributed by atoms with Gasteiger partial charge >= 0.3 is 5.97 Å². The van der Waals surface area contributed by atoms with Crippen LogP contribution in [-0.4, -0.2) is 11.1 Å². The summed E-state index contributed by atoms with van der Waals surface area (Å²) in [7, 11) is 0. The van der Waals surface area contributed by atoms with E-state index >= 15 is 0 Å². The summed E-state index contributed by atoms with van der Waals surface area (Å²) in [4.78, 5) is 11.4. The third kappa shape index (κ3) is 2.62. The Morgan fingerprint density at radius 3 is 2.11 bits per heavy atom. The van der Waals surface area contributed by atoms with Gasteiger partial charge in [-0.15, -0.1) is 0 Å². The molecule has 0 radical (unpaired) electrons. The Hall–Kier alpha value is -1.83. The van der Waals surface area contributed by atoms with E-state index in [1.54, 1.807) is 0 Å². The van der Waals surface area contributed by atoms with E-state index in [1.165, 1.54) is 16.5 Å². The fourth-order valence-corrected chi connectivity index (χ4v) is 2.55. The fraction of sp³-hybridized carbons (Fsp3) is 0.353. The van der Waals surface area contributed by atoms with E-state index < -0.39 is 11.9 Å². The van der Waals surface area contributed by atoms with Crippen molar-refractivity contribution in [1.29, 1.82) is 0 Å². The summed E-state index contributed by atoms with van der Waals surface area (Å²) >= 11 is 0. The molecular formula is C17H20O2. The zero-order valence-electron chi connectivity index (χ0n) is 11.9. The van der Waals surface area contributed by atoms with Crippen molar-refractivity contribution in [2.45, 2.75) is 33.6 Å². The van der Waals surface area contributed by atoms with E-state index in [4.69, 9.17) is 0 Å². The summed E-state index contributed by atoms with van der Waals surface area (Å²) < 4.78 is 0. The standard InChI is InChI=1S/C17H20O2/c1-10(2)16(17(18)19)14-6-5-13-7-11(3)12(4)8-15(13)9-14/h5-10,16H,1-4H3,(H,18,19). The Bertz CT molecular complexity index is 626. The van der Waals surface area contributed by atoms with Crippen LogP contribution in [-0.2, 0) is 4.79 Å². The van der Waals surface area contributed by atoms with E-state index in [1.807, 2.05) is 32.0 Å². The number of aryl methyl sites for hydroxylation is 2. The molecule has 0 aliphatic heterocycles. The normalized spacial score (nSPS) is 12.9. The van der Waals surface area contributed by atoms with Gasteiger partial charge < -0.3 is 5.11 Å². The summed E-state index contributed by atoms with van der Waals surface area (Å²) in [5, 5.41) is 11.7. The molecular weight excluding hydrogens is 236 g/mol. The van der Waals surface area contributed by atoms with Crippen LogP contribution in [0.5, 0.6) is 0 Å². The van der Waals surface area contributed by atoms with Crippen LogP contribution < -0.4 is 0 Å². The molecule has 0 saturated heterocycles. The van der Waals surface area contributed by atoms with Crippen molar-refractivity contribution in [1.82, 2.24) is 0 Å². The number of carboxylic acids is 1. The highest BCUT2D eigenvalue weighted by Crippen LogP contribution is 2.28. The highest BCUT2D eigenvalue weighted by molar-refractivity contribution is 5.86. The summed E-state index contributed by atoms with van der Waals surface area (Å²) in [6.45, 7) is 8.07. The molecule has 0 aromatic heterocycles. The van der Waals surface area contributed by atoms with E-state index in [0.29, 0.717) is 0 Å². The van der Waals surface area contributed by atoms with Crippen molar-refractivity contribution in [3.8, 4) is 0 Å². The lowest BCUT2D eigenvalue weighted by Gasteiger charge is -2.17. The molecule has 0 amide bonds. The van der Waals surface area contributed by atoms with Gasteiger partial charge in [0.1, 0.15) is 0 Å². The Labute approximate surface area is 114 Å². The molecule has 2 aromatic carbocycles. The Kier molecular flexibility index (Phi) is 3.61. The summed E-state index contributed by atoms with van der Waals surface area (Å²) in [5.41, 5.74) is 3.39. The van der Waals surface area contributed by atoms with Crippen LogP contribution in [0.2, 0.25) is 0 Å². The lowest BCUT2D eigenvalue weighted by atomic mass is 9.87. The highest BCUT2D eigenvalue weighted by Gasteiger charge is 2.23. The van der Waals surface area contributed by atoms with E-state index in [0.717, 1.165) is 10.9 Å². The molecule has 2 rings (SSSR count). The molecule has 1 unspecified atom stereocenters. The molecule has 2 aromatic rings. The maximum atomic E-state index is 11.4. The van der Waals surface area contributed by atoms with Crippen LogP contribution in [0.4, 0.5) is 0 Å². The van der Waals surface area contributed by atoms with Gasteiger partial charge in [-0.05, 0) is 47.2 Å². The van der Waals surface area contributed by atoms with Gasteiger partial charge in [0.2, 0.25) is 0 Å². The van der Waals surface area contributed by atoms with Crippen LogP contribution in [0.3, 0.4) is 0 Å². The number of aliphatic carboxylic acids is 1. The van der Waals surface area contributed by atoms with Gasteiger partial charge in [-0.2, -0.15) is 0 Å². The number of rotatable bonds is 3. The van der Waals surface area contributed by atoms with Crippen LogP contribution in [0, 0.1) is 19.8 Å². The number of hydrogen-bond acceptors (Lipinski definition) is 1. The van der Waals surface area contributed by atoms with Crippen molar-refractivity contribution < 1.29 is 9.90 Å². The van der Waals surface area contributed by atoms with Crippen molar-refractivity contribution >= 4 is 16.7 Å². The minimum atomic E-state index is -0.752. The number of benzene rings is 2. The zero-order chi connectivity index (χ0) is 14.2. The van der Waals surface area contributed by atoms with Crippen molar-refractivity contribution in [3.63, 3.8) is 0 Å². The van der Waals surface area contributed by atoms with Crippen LogP contribution in [0.1, 0.15) is 36.5 Å². The highest BCUT2D eigenvalue weighted by atomic mass is 16.4. The van der Waals surface area contributed by atoms with Gasteiger partial charge in [-0.25, -0.2) is 0 Å². The van der Waals surface area contributed by atoms with E-state index in [9.17, 15) is 9.90 Å². The number of fused-ring (bicyclic) bond motifs is 1. The lowest BCUT2D eigenvalue weighted by molar-refractivity contribution is -0.139.